The fourth-order valence-corrected chi connectivity index (χ4v) is 3.17. The number of hydrogen-bond acceptors (Lipinski definition) is 3. The van der Waals surface area contributed by atoms with E-state index in [0.717, 1.165) is 16.7 Å². The topological polar surface area (TPSA) is 51.2 Å². The molecule has 22 heavy (non-hydrogen) atoms. The summed E-state index contributed by atoms with van der Waals surface area (Å²) in [5, 5.41) is 4.04. The molecule has 3 rings (SSSR count). The van der Waals surface area contributed by atoms with Crippen LogP contribution in [0, 0.1) is 6.92 Å². The number of hydrogen-bond donors (Lipinski definition) is 1. The molecule has 1 unspecified atom stereocenters. The molecule has 0 spiro atoms. The maximum atomic E-state index is 12.4. The number of halogens is 2. The second kappa shape index (κ2) is 6.15. The predicted octanol–water partition coefficient (Wildman–Crippen LogP) is 3.49. The minimum atomic E-state index is -0.338. The minimum absolute atomic E-state index is 0.0998. The number of pyridine rings is 1. The number of carbonyl (C=O) groups excluding carboxylic acids is 1. The van der Waals surface area contributed by atoms with E-state index in [9.17, 15) is 4.79 Å². The fraction of sp³-hybridized carbons (Fsp3) is 0.250. The molecule has 114 valence electrons. The molecule has 0 radical (unpaired) electrons. The van der Waals surface area contributed by atoms with Crippen LogP contribution in [0.4, 0.5) is 0 Å². The average Bonchev–Trinajstić information content (AvgIpc) is 2.90. The summed E-state index contributed by atoms with van der Waals surface area (Å²) in [6, 6.07) is 7.16. The van der Waals surface area contributed by atoms with Crippen LogP contribution in [0.2, 0.25) is 10.0 Å². The van der Waals surface area contributed by atoms with Crippen molar-refractivity contribution < 1.29 is 9.53 Å². The Bertz CT molecular complexity index is 711. The maximum absolute atomic E-state index is 12.4. The van der Waals surface area contributed by atoms with Gasteiger partial charge in [-0.3, -0.25) is 4.79 Å². The number of fused-ring (bicyclic) bond motifs is 1. The molecule has 1 aromatic carbocycles. The largest absolute Gasteiger partial charge is 0.476 e. The molecule has 2 heterocycles. The number of carbonyl (C=O) groups is 1. The molecule has 6 heteroatoms. The van der Waals surface area contributed by atoms with Crippen molar-refractivity contribution in [3.05, 3.63) is 57.2 Å². The Kier molecular flexibility index (Phi) is 4.23. The summed E-state index contributed by atoms with van der Waals surface area (Å²) in [5.74, 6) is 0.0932. The highest BCUT2D eigenvalue weighted by molar-refractivity contribution is 6.35. The molecule has 4 nitrogen and oxygen atoms in total. The molecule has 1 N–H and O–H groups in total. The lowest BCUT2D eigenvalue weighted by Gasteiger charge is -2.13. The molecular weight excluding hydrogens is 323 g/mol. The molecule has 2 aromatic rings. The number of aromatic nitrogens is 1. The number of aryl methyl sites for hydroxylation is 1. The number of amides is 1. The van der Waals surface area contributed by atoms with E-state index >= 15 is 0 Å². The number of nitrogens with zero attached hydrogens (tertiary/aromatic N) is 1. The Balaban J connectivity index is 1.72. The van der Waals surface area contributed by atoms with Gasteiger partial charge in [0.05, 0.1) is 0 Å². The normalized spacial score (nSPS) is 16.0. The number of rotatable bonds is 3. The molecule has 1 aliphatic heterocycles. The molecule has 1 atom stereocenters. The summed E-state index contributed by atoms with van der Waals surface area (Å²) in [4.78, 5) is 16.5. The Morgan fingerprint density at radius 2 is 2.27 bits per heavy atom. The van der Waals surface area contributed by atoms with Crippen LogP contribution in [0.15, 0.2) is 30.5 Å². The van der Waals surface area contributed by atoms with E-state index in [1.165, 1.54) is 0 Å². The van der Waals surface area contributed by atoms with E-state index in [4.69, 9.17) is 27.9 Å². The van der Waals surface area contributed by atoms with Gasteiger partial charge in [-0.2, -0.15) is 0 Å². The van der Waals surface area contributed by atoms with Gasteiger partial charge in [-0.05, 0) is 36.2 Å². The maximum Gasteiger partial charge on any atom is 0.231 e. The van der Waals surface area contributed by atoms with Gasteiger partial charge in [-0.15, -0.1) is 0 Å². The van der Waals surface area contributed by atoms with Gasteiger partial charge in [0.1, 0.15) is 12.5 Å². The minimum Gasteiger partial charge on any atom is -0.476 e. The summed E-state index contributed by atoms with van der Waals surface area (Å²) < 4.78 is 5.43. The fourth-order valence-electron chi connectivity index (χ4n) is 2.51. The number of ether oxygens (including phenoxy) is 1. The lowest BCUT2D eigenvalue weighted by Crippen LogP contribution is -2.30. The molecule has 0 saturated heterocycles. The standard InChI is InChI=1S/C16H14Cl2N2O2/c1-9-5-10(17)6-14(18)12(9)7-20-15(21)13-8-22-16-11(13)3-2-4-19-16/h2-6,13H,7-8H2,1H3,(H,20,21). The van der Waals surface area contributed by atoms with Crippen LogP contribution in [0.25, 0.3) is 0 Å². The predicted molar refractivity (Wildman–Crippen MR) is 85.5 cm³/mol. The van der Waals surface area contributed by atoms with Gasteiger partial charge in [0.25, 0.3) is 0 Å². The molecule has 0 bridgehead atoms. The zero-order chi connectivity index (χ0) is 15.7. The van der Waals surface area contributed by atoms with E-state index in [1.807, 2.05) is 19.1 Å². The average molecular weight is 337 g/mol. The van der Waals surface area contributed by atoms with Crippen molar-refractivity contribution in [3.8, 4) is 5.88 Å². The monoisotopic (exact) mass is 336 g/mol. The third kappa shape index (κ3) is 2.89. The van der Waals surface area contributed by atoms with Crippen molar-refractivity contribution in [2.45, 2.75) is 19.4 Å². The van der Waals surface area contributed by atoms with E-state index in [1.54, 1.807) is 18.3 Å². The summed E-state index contributed by atoms with van der Waals surface area (Å²) in [6.07, 6.45) is 1.65. The van der Waals surface area contributed by atoms with Crippen LogP contribution in [0.3, 0.4) is 0 Å². The third-order valence-electron chi connectivity index (χ3n) is 3.70. The van der Waals surface area contributed by atoms with Crippen LogP contribution in [0.5, 0.6) is 5.88 Å². The highest BCUT2D eigenvalue weighted by atomic mass is 35.5. The first-order valence-corrected chi connectivity index (χ1v) is 7.62. The number of nitrogens with one attached hydrogen (secondary N) is 1. The Morgan fingerprint density at radius 1 is 1.45 bits per heavy atom. The summed E-state index contributed by atoms with van der Waals surface area (Å²) in [5.41, 5.74) is 2.63. The molecule has 0 fully saturated rings. The van der Waals surface area contributed by atoms with E-state index in [2.05, 4.69) is 10.3 Å². The Labute approximate surface area is 138 Å². The van der Waals surface area contributed by atoms with E-state index in [0.29, 0.717) is 29.1 Å². The van der Waals surface area contributed by atoms with Gasteiger partial charge in [-0.25, -0.2) is 4.98 Å². The molecule has 1 amide bonds. The molecule has 0 aliphatic carbocycles. The highest BCUT2D eigenvalue weighted by Gasteiger charge is 2.31. The van der Waals surface area contributed by atoms with Gasteiger partial charge in [0, 0.05) is 28.4 Å². The number of benzene rings is 1. The van der Waals surface area contributed by atoms with Crippen LogP contribution in [-0.2, 0) is 11.3 Å². The first-order valence-electron chi connectivity index (χ1n) is 6.86. The second-order valence-corrected chi connectivity index (χ2v) is 6.01. The van der Waals surface area contributed by atoms with Gasteiger partial charge in [0.2, 0.25) is 11.8 Å². The van der Waals surface area contributed by atoms with Crippen molar-refractivity contribution in [1.29, 1.82) is 0 Å². The highest BCUT2D eigenvalue weighted by Crippen LogP contribution is 2.31. The van der Waals surface area contributed by atoms with Gasteiger partial charge >= 0.3 is 0 Å². The van der Waals surface area contributed by atoms with Crippen molar-refractivity contribution in [3.63, 3.8) is 0 Å². The van der Waals surface area contributed by atoms with Gasteiger partial charge in [-0.1, -0.05) is 29.3 Å². The summed E-state index contributed by atoms with van der Waals surface area (Å²) in [7, 11) is 0. The lowest BCUT2D eigenvalue weighted by molar-refractivity contribution is -0.122. The van der Waals surface area contributed by atoms with Crippen molar-refractivity contribution in [2.75, 3.05) is 6.61 Å². The summed E-state index contributed by atoms with van der Waals surface area (Å²) in [6.45, 7) is 2.58. The Morgan fingerprint density at radius 3 is 3.05 bits per heavy atom. The van der Waals surface area contributed by atoms with E-state index in [-0.39, 0.29) is 11.8 Å². The SMILES string of the molecule is Cc1cc(Cl)cc(Cl)c1CNC(=O)C1COc2ncccc21. The van der Waals surface area contributed by atoms with Crippen molar-refractivity contribution in [1.82, 2.24) is 10.3 Å². The molecular formula is C16H14Cl2N2O2. The van der Waals surface area contributed by atoms with E-state index < -0.39 is 0 Å². The third-order valence-corrected chi connectivity index (χ3v) is 4.26. The lowest BCUT2D eigenvalue weighted by atomic mass is 10.0. The van der Waals surface area contributed by atoms with Crippen LogP contribution < -0.4 is 10.1 Å². The molecule has 1 aromatic heterocycles. The molecule has 1 aliphatic rings. The van der Waals surface area contributed by atoms with Gasteiger partial charge < -0.3 is 10.1 Å². The zero-order valence-electron chi connectivity index (χ0n) is 11.9. The van der Waals surface area contributed by atoms with Crippen molar-refractivity contribution in [2.24, 2.45) is 0 Å². The first-order chi connectivity index (χ1) is 10.6. The van der Waals surface area contributed by atoms with Crippen LogP contribution in [-0.4, -0.2) is 17.5 Å². The zero-order valence-corrected chi connectivity index (χ0v) is 13.4. The van der Waals surface area contributed by atoms with Crippen LogP contribution >= 0.6 is 23.2 Å². The van der Waals surface area contributed by atoms with Gasteiger partial charge in [0.15, 0.2) is 0 Å². The first kappa shape index (κ1) is 15.1. The second-order valence-electron chi connectivity index (χ2n) is 5.16. The van der Waals surface area contributed by atoms with Crippen molar-refractivity contribution >= 4 is 29.1 Å². The molecule has 0 saturated carbocycles. The van der Waals surface area contributed by atoms with Crippen LogP contribution in [0.1, 0.15) is 22.6 Å². The summed E-state index contributed by atoms with van der Waals surface area (Å²) >= 11 is 12.1. The smallest absolute Gasteiger partial charge is 0.231 e. The Hall–Kier alpha value is -1.78. The quantitative estimate of drug-likeness (QED) is 0.933.